The first-order chi connectivity index (χ1) is 26.1. The summed E-state index contributed by atoms with van der Waals surface area (Å²) in [5, 5.41) is 13.3. The molecule has 6 aromatic rings. The van der Waals surface area contributed by atoms with Crippen LogP contribution in [0.15, 0.2) is 78.1 Å². The van der Waals surface area contributed by atoms with Gasteiger partial charge in [0.2, 0.25) is 11.8 Å². The molecular formula is C38H38F2N10O4. The van der Waals surface area contributed by atoms with Crippen molar-refractivity contribution in [3.8, 4) is 11.1 Å². The number of anilines is 2. The number of carbonyl (C=O) groups is 3. The van der Waals surface area contributed by atoms with Gasteiger partial charge in [-0.25, -0.2) is 23.1 Å². The maximum Gasteiger partial charge on any atom is 0.329 e. The number of alkyl halides is 2. The molecule has 54 heavy (non-hydrogen) atoms. The van der Waals surface area contributed by atoms with Gasteiger partial charge in [-0.3, -0.25) is 33.5 Å². The van der Waals surface area contributed by atoms with Crippen molar-refractivity contribution >= 4 is 45.8 Å². The molecule has 14 nitrogen and oxygen atoms in total. The van der Waals surface area contributed by atoms with Crippen LogP contribution in [0.5, 0.6) is 0 Å². The minimum Gasteiger partial charge on any atom is -0.374 e. The largest absolute Gasteiger partial charge is 0.374 e. The van der Waals surface area contributed by atoms with Crippen molar-refractivity contribution in [1.82, 2.24) is 38.8 Å². The number of aryl methyl sites for hydroxylation is 1. The Morgan fingerprint density at radius 1 is 1.04 bits per heavy atom. The third-order valence-electron chi connectivity index (χ3n) is 10.7. The van der Waals surface area contributed by atoms with Crippen LogP contribution in [0.3, 0.4) is 0 Å². The molecular weight excluding hydrogens is 698 g/mol. The van der Waals surface area contributed by atoms with Crippen molar-refractivity contribution in [2.24, 2.45) is 13.0 Å². The van der Waals surface area contributed by atoms with E-state index < -0.39 is 30.0 Å². The lowest BCUT2D eigenvalue weighted by atomic mass is 9.85. The smallest absolute Gasteiger partial charge is 0.329 e. The summed E-state index contributed by atoms with van der Waals surface area (Å²) in [7, 11) is 3.74. The first kappa shape index (κ1) is 34.9. The molecule has 2 fully saturated rings. The van der Waals surface area contributed by atoms with Crippen molar-refractivity contribution in [2.45, 2.75) is 57.0 Å². The zero-order chi connectivity index (χ0) is 37.7. The van der Waals surface area contributed by atoms with E-state index in [9.17, 15) is 28.0 Å². The van der Waals surface area contributed by atoms with E-state index in [1.54, 1.807) is 28.6 Å². The number of hydrogen-bond donors (Lipinski definition) is 2. The highest BCUT2D eigenvalue weighted by molar-refractivity contribution is 6.08. The Bertz CT molecular complexity index is 2460. The Labute approximate surface area is 307 Å². The van der Waals surface area contributed by atoms with Crippen LogP contribution in [-0.4, -0.2) is 64.8 Å². The SMILES string of the molecule is CN(C[C@H]1CC[C@H](n2cc(NC(=O)c3cnn4cccnc34)c(C(F)F)n2)CC1)c1ccc(-c2cccc3c2n(C)c(=O)n3C2CCC(=O)NC2=O)cc1. The van der Waals surface area contributed by atoms with Crippen molar-refractivity contribution in [1.29, 1.82) is 0 Å². The van der Waals surface area contributed by atoms with Gasteiger partial charge in [-0.2, -0.15) is 10.2 Å². The van der Waals surface area contributed by atoms with Crippen molar-refractivity contribution in [3.63, 3.8) is 0 Å². The number of halogens is 2. The molecule has 3 amide bonds. The fraction of sp³-hybridized carbons (Fsp3) is 0.342. The molecule has 0 radical (unpaired) electrons. The highest BCUT2D eigenvalue weighted by Crippen LogP contribution is 2.36. The number of imide groups is 1. The first-order valence-corrected chi connectivity index (χ1v) is 17.9. The number of amides is 3. The Balaban J connectivity index is 0.919. The predicted octanol–water partition coefficient (Wildman–Crippen LogP) is 5.28. The topological polar surface area (TPSA) is 153 Å². The minimum atomic E-state index is -2.86. The van der Waals surface area contributed by atoms with Crippen LogP contribution >= 0.6 is 0 Å². The molecule has 1 saturated heterocycles. The number of piperidine rings is 1. The van der Waals surface area contributed by atoms with E-state index in [0.29, 0.717) is 22.6 Å². The van der Waals surface area contributed by atoms with E-state index in [1.807, 2.05) is 49.5 Å². The van der Waals surface area contributed by atoms with E-state index in [2.05, 4.69) is 30.7 Å². The summed E-state index contributed by atoms with van der Waals surface area (Å²) < 4.78 is 34.1. The van der Waals surface area contributed by atoms with Crippen molar-refractivity contribution in [2.75, 3.05) is 23.8 Å². The molecule has 2 aliphatic rings. The second kappa shape index (κ2) is 14.0. The summed E-state index contributed by atoms with van der Waals surface area (Å²) in [5.41, 5.74) is 3.83. The molecule has 16 heteroatoms. The van der Waals surface area contributed by atoms with Crippen LogP contribution in [0.4, 0.5) is 20.2 Å². The molecule has 4 aromatic heterocycles. The molecule has 0 bridgehead atoms. The third-order valence-corrected chi connectivity index (χ3v) is 10.7. The van der Waals surface area contributed by atoms with Crippen molar-refractivity contribution < 1.29 is 23.2 Å². The molecule has 1 aliphatic heterocycles. The number of para-hydroxylation sites is 1. The van der Waals surface area contributed by atoms with Gasteiger partial charge >= 0.3 is 5.69 Å². The third kappa shape index (κ3) is 6.30. The van der Waals surface area contributed by atoms with E-state index in [4.69, 9.17) is 0 Å². The number of rotatable bonds is 9. The fourth-order valence-corrected chi connectivity index (χ4v) is 7.91. The minimum absolute atomic E-state index is 0.0269. The zero-order valence-electron chi connectivity index (χ0n) is 29.7. The van der Waals surface area contributed by atoms with E-state index in [-0.39, 0.29) is 41.7 Å². The van der Waals surface area contributed by atoms with Gasteiger partial charge in [0.15, 0.2) is 11.3 Å². The van der Waals surface area contributed by atoms with Crippen LogP contribution in [0.2, 0.25) is 0 Å². The highest BCUT2D eigenvalue weighted by atomic mass is 19.3. The number of hydrogen-bond acceptors (Lipinski definition) is 8. The normalized spacial score (nSPS) is 19.1. The van der Waals surface area contributed by atoms with E-state index >= 15 is 0 Å². The van der Waals surface area contributed by atoms with E-state index in [0.717, 1.165) is 49.0 Å². The standard InChI is InChI=1S/C38H38F2N10O4/c1-46(24-13-9-23(10-14-24)26-5-3-6-29-33(26)47(2)38(54)50(29)30-15-16-31(51)44-37(30)53)20-22-7-11-25(12-8-22)49-21-28(32(45-49)34(39)40)43-36(52)27-19-42-48-18-4-17-41-35(27)48/h3-6,9-10,13-14,17-19,21-22,25,30,34H,7-8,11-12,15-16,20H2,1-2H3,(H,43,52)(H,44,51,53)/t22-,25-,30?. The van der Waals surface area contributed by atoms with E-state index in [1.165, 1.54) is 27.7 Å². The average Bonchev–Trinajstić information content (AvgIpc) is 3.87. The number of nitrogens with zero attached hydrogens (tertiary/aromatic N) is 8. The summed E-state index contributed by atoms with van der Waals surface area (Å²) in [4.78, 5) is 57.2. The number of fused-ring (bicyclic) bond motifs is 2. The number of nitrogens with one attached hydrogen (secondary N) is 2. The summed E-state index contributed by atoms with van der Waals surface area (Å²) in [6.45, 7) is 0.807. The molecule has 1 aliphatic carbocycles. The summed E-state index contributed by atoms with van der Waals surface area (Å²) in [5.74, 6) is -1.01. The van der Waals surface area contributed by atoms with Crippen LogP contribution in [-0.2, 0) is 16.6 Å². The Morgan fingerprint density at radius 3 is 2.56 bits per heavy atom. The summed E-state index contributed by atoms with van der Waals surface area (Å²) in [6.07, 6.45) is 6.89. The molecule has 0 spiro atoms. The van der Waals surface area contributed by atoms with Crippen LogP contribution in [0.25, 0.3) is 27.8 Å². The maximum atomic E-state index is 14.0. The van der Waals surface area contributed by atoms with Gasteiger partial charge in [0.05, 0.1) is 29.0 Å². The van der Waals surface area contributed by atoms with Gasteiger partial charge in [0, 0.05) is 56.9 Å². The van der Waals surface area contributed by atoms with Crippen LogP contribution in [0.1, 0.15) is 73.1 Å². The second-order valence-corrected chi connectivity index (χ2v) is 14.1. The average molecular weight is 737 g/mol. The van der Waals surface area contributed by atoms with Gasteiger partial charge < -0.3 is 10.2 Å². The van der Waals surface area contributed by atoms with Gasteiger partial charge in [0.25, 0.3) is 12.3 Å². The monoisotopic (exact) mass is 736 g/mol. The van der Waals surface area contributed by atoms with Gasteiger partial charge in [-0.1, -0.05) is 24.3 Å². The van der Waals surface area contributed by atoms with Crippen LogP contribution in [0, 0.1) is 5.92 Å². The quantitative estimate of drug-likeness (QED) is 0.190. The van der Waals surface area contributed by atoms with Gasteiger partial charge in [-0.15, -0.1) is 0 Å². The van der Waals surface area contributed by atoms with Gasteiger partial charge in [0.1, 0.15) is 11.6 Å². The second-order valence-electron chi connectivity index (χ2n) is 14.1. The lowest BCUT2D eigenvalue weighted by molar-refractivity contribution is -0.135. The molecule has 1 atom stereocenters. The Kier molecular flexibility index (Phi) is 9.03. The lowest BCUT2D eigenvalue weighted by Gasteiger charge is -2.32. The Morgan fingerprint density at radius 2 is 1.81 bits per heavy atom. The summed E-state index contributed by atoms with van der Waals surface area (Å²) >= 11 is 0. The van der Waals surface area contributed by atoms with Crippen LogP contribution < -0.4 is 21.2 Å². The molecule has 2 aromatic carbocycles. The molecule has 5 heterocycles. The molecule has 1 saturated carbocycles. The highest BCUT2D eigenvalue weighted by Gasteiger charge is 2.32. The maximum absolute atomic E-state index is 14.0. The zero-order valence-corrected chi connectivity index (χ0v) is 29.7. The number of imidazole rings is 1. The number of carbonyl (C=O) groups excluding carboxylic acids is 3. The summed E-state index contributed by atoms with van der Waals surface area (Å²) in [6, 6.07) is 14.6. The molecule has 8 rings (SSSR count). The predicted molar refractivity (Wildman–Crippen MR) is 196 cm³/mol. The Hall–Kier alpha value is -6.19. The van der Waals surface area contributed by atoms with Gasteiger partial charge in [-0.05, 0) is 67.9 Å². The molecule has 278 valence electrons. The van der Waals surface area contributed by atoms with Crippen molar-refractivity contribution in [3.05, 3.63) is 95.1 Å². The first-order valence-electron chi connectivity index (χ1n) is 17.9. The number of aromatic nitrogens is 7. The number of benzene rings is 2. The molecule has 1 unspecified atom stereocenters. The fourth-order valence-electron chi connectivity index (χ4n) is 7.91. The lowest BCUT2D eigenvalue weighted by Crippen LogP contribution is -2.44. The molecule has 2 N–H and O–H groups in total.